The number of hydrogen-bond donors (Lipinski definition) is 6. The summed E-state index contributed by atoms with van der Waals surface area (Å²) in [5.74, 6) is 5.07. The highest BCUT2D eigenvalue weighted by Crippen LogP contribution is 2.07. The van der Waals surface area contributed by atoms with Crippen LogP contribution in [-0.2, 0) is 4.79 Å². The van der Waals surface area contributed by atoms with Gasteiger partial charge in [0.1, 0.15) is 11.9 Å². The molecule has 2 atom stereocenters. The topological polar surface area (TPSA) is 144 Å². The van der Waals surface area contributed by atoms with E-state index in [2.05, 4.69) is 27.5 Å². The van der Waals surface area contributed by atoms with Crippen LogP contribution in [0.3, 0.4) is 0 Å². The zero-order chi connectivity index (χ0) is 21.2. The lowest BCUT2D eigenvalue weighted by molar-refractivity contribution is -0.133. The van der Waals surface area contributed by atoms with Gasteiger partial charge >= 0.3 is 0 Å². The Hall–Kier alpha value is -3.45. The molecule has 0 radical (unpaired) electrons. The van der Waals surface area contributed by atoms with E-state index in [4.69, 9.17) is 10.3 Å². The average Bonchev–Trinajstić information content (AvgIpc) is 2.74. The molecule has 1 aromatic carbocycles. The molecule has 2 aromatic rings. The minimum absolute atomic E-state index is 0.0194. The van der Waals surface area contributed by atoms with Crippen LogP contribution in [0.25, 0.3) is 0 Å². The molecule has 0 fully saturated rings. The number of aliphatic hydroxyl groups is 2. The summed E-state index contributed by atoms with van der Waals surface area (Å²) in [4.78, 5) is 27.9. The molecular formula is C20H22N4O5. The van der Waals surface area contributed by atoms with Gasteiger partial charge in [-0.3, -0.25) is 14.8 Å². The zero-order valence-corrected chi connectivity index (χ0v) is 15.7. The minimum Gasteiger partial charge on any atom is -0.395 e. The fraction of sp³-hybridized carbons (Fsp3) is 0.250. The van der Waals surface area contributed by atoms with Crippen molar-refractivity contribution in [3.8, 4) is 11.8 Å². The summed E-state index contributed by atoms with van der Waals surface area (Å²) in [7, 11) is 0. The summed E-state index contributed by atoms with van der Waals surface area (Å²) in [6.07, 6.45) is 0.423. The van der Waals surface area contributed by atoms with E-state index in [1.807, 2.05) is 0 Å². The van der Waals surface area contributed by atoms with Crippen LogP contribution in [0.1, 0.15) is 28.4 Å². The largest absolute Gasteiger partial charge is 0.395 e. The second-order valence-corrected chi connectivity index (χ2v) is 6.08. The van der Waals surface area contributed by atoms with Crippen LogP contribution in [0.15, 0.2) is 42.6 Å². The van der Waals surface area contributed by atoms with Gasteiger partial charge in [0, 0.05) is 29.4 Å². The van der Waals surface area contributed by atoms with Gasteiger partial charge < -0.3 is 20.8 Å². The van der Waals surface area contributed by atoms with Crippen LogP contribution in [0.4, 0.5) is 5.82 Å². The molecule has 9 heteroatoms. The summed E-state index contributed by atoms with van der Waals surface area (Å²) >= 11 is 0. The number of nitrogens with one attached hydrogen (secondary N) is 3. The summed E-state index contributed by atoms with van der Waals surface area (Å²) in [5, 5.41) is 32.3. The number of hydroxylamine groups is 1. The SMILES string of the molecule is CC(O)C(NC(=O)c1ccc(C#Cc2ccc(NCCO)nc2)cc1)C(=O)NO. The first kappa shape index (κ1) is 21.8. The number of aliphatic hydroxyl groups excluding tert-OH is 2. The predicted molar refractivity (Wildman–Crippen MR) is 105 cm³/mol. The van der Waals surface area contributed by atoms with E-state index < -0.39 is 24.0 Å². The molecule has 0 aliphatic heterocycles. The van der Waals surface area contributed by atoms with Crippen molar-refractivity contribution in [3.63, 3.8) is 0 Å². The smallest absolute Gasteiger partial charge is 0.268 e. The van der Waals surface area contributed by atoms with E-state index in [-0.39, 0.29) is 12.2 Å². The number of pyridine rings is 1. The van der Waals surface area contributed by atoms with Gasteiger partial charge in [0.05, 0.1) is 12.7 Å². The maximum atomic E-state index is 12.2. The fourth-order valence-corrected chi connectivity index (χ4v) is 2.30. The second-order valence-electron chi connectivity index (χ2n) is 6.08. The Balaban J connectivity index is 2.02. The molecule has 0 bridgehead atoms. The van der Waals surface area contributed by atoms with E-state index in [1.165, 1.54) is 24.5 Å². The number of rotatable bonds is 7. The molecule has 2 rings (SSSR count). The first-order valence-corrected chi connectivity index (χ1v) is 8.80. The van der Waals surface area contributed by atoms with Gasteiger partial charge in [0.15, 0.2) is 0 Å². The van der Waals surface area contributed by atoms with Crippen LogP contribution in [0.2, 0.25) is 0 Å². The normalized spacial score (nSPS) is 12.1. The third-order valence-electron chi connectivity index (χ3n) is 3.84. The maximum absolute atomic E-state index is 12.2. The first-order valence-electron chi connectivity index (χ1n) is 8.80. The van der Waals surface area contributed by atoms with Crippen molar-refractivity contribution in [2.75, 3.05) is 18.5 Å². The summed E-state index contributed by atoms with van der Waals surface area (Å²) in [6, 6.07) is 8.64. The average molecular weight is 398 g/mol. The molecular weight excluding hydrogens is 376 g/mol. The van der Waals surface area contributed by atoms with E-state index in [9.17, 15) is 14.7 Å². The van der Waals surface area contributed by atoms with Crippen molar-refractivity contribution < 1.29 is 25.0 Å². The van der Waals surface area contributed by atoms with Gasteiger partial charge in [-0.1, -0.05) is 11.8 Å². The molecule has 0 saturated heterocycles. The first-order chi connectivity index (χ1) is 13.9. The molecule has 1 aromatic heterocycles. The highest BCUT2D eigenvalue weighted by Gasteiger charge is 2.25. The Kier molecular flexibility index (Phi) is 8.12. The monoisotopic (exact) mass is 398 g/mol. The highest BCUT2D eigenvalue weighted by molar-refractivity contribution is 5.97. The number of nitrogens with zero attached hydrogens (tertiary/aromatic N) is 1. The second kappa shape index (κ2) is 10.8. The Bertz CT molecular complexity index is 886. The lowest BCUT2D eigenvalue weighted by Gasteiger charge is -2.19. The summed E-state index contributed by atoms with van der Waals surface area (Å²) in [6.45, 7) is 1.76. The molecule has 152 valence electrons. The van der Waals surface area contributed by atoms with Gasteiger partial charge in [-0.2, -0.15) is 0 Å². The molecule has 0 aliphatic rings. The third-order valence-corrected chi connectivity index (χ3v) is 3.84. The fourth-order valence-electron chi connectivity index (χ4n) is 2.30. The van der Waals surface area contributed by atoms with Gasteiger partial charge in [0.25, 0.3) is 11.8 Å². The van der Waals surface area contributed by atoms with Crippen molar-refractivity contribution in [1.29, 1.82) is 0 Å². The van der Waals surface area contributed by atoms with Gasteiger partial charge in [-0.25, -0.2) is 10.5 Å². The number of carbonyl (C=O) groups is 2. The Morgan fingerprint density at radius 3 is 2.31 bits per heavy atom. The third kappa shape index (κ3) is 6.58. The minimum atomic E-state index is -1.28. The van der Waals surface area contributed by atoms with E-state index in [0.717, 1.165) is 0 Å². The van der Waals surface area contributed by atoms with Crippen molar-refractivity contribution in [2.24, 2.45) is 0 Å². The standard InChI is InChI=1S/C20H22N4O5/c1-13(26)18(20(28)24-29)23-19(27)16-7-4-14(5-8-16)2-3-15-6-9-17(22-12-15)21-10-11-25/h4-9,12-13,18,25-26,29H,10-11H2,1H3,(H,21,22)(H,23,27)(H,24,28). The number of benzene rings is 1. The number of carbonyl (C=O) groups excluding carboxylic acids is 2. The van der Waals surface area contributed by atoms with Crippen LogP contribution >= 0.6 is 0 Å². The lowest BCUT2D eigenvalue weighted by atomic mass is 10.1. The van der Waals surface area contributed by atoms with Gasteiger partial charge in [-0.05, 0) is 43.3 Å². The molecule has 1 heterocycles. The van der Waals surface area contributed by atoms with Gasteiger partial charge in [0.2, 0.25) is 0 Å². The number of amides is 2. The molecule has 2 amide bonds. The molecule has 0 spiro atoms. The molecule has 6 N–H and O–H groups in total. The van der Waals surface area contributed by atoms with Crippen LogP contribution in [0.5, 0.6) is 0 Å². The Morgan fingerprint density at radius 2 is 1.76 bits per heavy atom. The maximum Gasteiger partial charge on any atom is 0.268 e. The highest BCUT2D eigenvalue weighted by atomic mass is 16.5. The van der Waals surface area contributed by atoms with Crippen molar-refractivity contribution in [1.82, 2.24) is 15.8 Å². The quantitative estimate of drug-likeness (QED) is 0.217. The number of anilines is 1. The molecule has 2 unspecified atom stereocenters. The van der Waals surface area contributed by atoms with E-state index in [0.29, 0.717) is 23.5 Å². The van der Waals surface area contributed by atoms with Crippen molar-refractivity contribution >= 4 is 17.6 Å². The molecule has 9 nitrogen and oxygen atoms in total. The predicted octanol–water partition coefficient (Wildman–Crippen LogP) is -0.130. The summed E-state index contributed by atoms with van der Waals surface area (Å²) in [5.41, 5.74) is 3.05. The van der Waals surface area contributed by atoms with Crippen molar-refractivity contribution in [2.45, 2.75) is 19.1 Å². The van der Waals surface area contributed by atoms with E-state index >= 15 is 0 Å². The lowest BCUT2D eigenvalue weighted by Crippen LogP contribution is -2.51. The zero-order valence-electron chi connectivity index (χ0n) is 15.7. The Labute approximate surface area is 167 Å². The summed E-state index contributed by atoms with van der Waals surface area (Å²) < 4.78 is 0. The molecule has 0 aliphatic carbocycles. The molecule has 29 heavy (non-hydrogen) atoms. The van der Waals surface area contributed by atoms with Gasteiger partial charge in [-0.15, -0.1) is 0 Å². The van der Waals surface area contributed by atoms with Crippen LogP contribution in [0, 0.1) is 11.8 Å². The Morgan fingerprint density at radius 1 is 1.10 bits per heavy atom. The molecule has 0 saturated carbocycles. The van der Waals surface area contributed by atoms with Crippen molar-refractivity contribution in [3.05, 3.63) is 59.3 Å². The van der Waals surface area contributed by atoms with Crippen LogP contribution < -0.4 is 16.1 Å². The van der Waals surface area contributed by atoms with E-state index in [1.54, 1.807) is 30.5 Å². The number of aromatic nitrogens is 1. The van der Waals surface area contributed by atoms with Crippen LogP contribution in [-0.4, -0.2) is 57.5 Å². The number of hydrogen-bond acceptors (Lipinski definition) is 7.